The quantitative estimate of drug-likeness (QED) is 0.0896. The summed E-state index contributed by atoms with van der Waals surface area (Å²) in [5, 5.41) is 12.7. The van der Waals surface area contributed by atoms with Gasteiger partial charge in [-0.3, -0.25) is 9.58 Å². The second kappa shape index (κ2) is 15.9. The molecule has 11 heteroatoms. The minimum atomic E-state index is -0.186. The Bertz CT molecular complexity index is 2260. The lowest BCUT2D eigenvalue weighted by Crippen LogP contribution is -2.43. The highest BCUT2D eigenvalue weighted by Gasteiger charge is 2.33. The number of ether oxygens (including phenoxy) is 2. The van der Waals surface area contributed by atoms with Gasteiger partial charge in [0.25, 0.3) is 0 Å². The molecule has 3 heterocycles. The van der Waals surface area contributed by atoms with Crippen LogP contribution in [0.1, 0.15) is 44.3 Å². The summed E-state index contributed by atoms with van der Waals surface area (Å²) in [4.78, 5) is 7.26. The molecule has 1 fully saturated rings. The maximum Gasteiger partial charge on any atom is 0.171 e. The molecular formula is C44H47N7O2S2. The first-order chi connectivity index (χ1) is 26.8. The number of nitrogens with zero attached hydrogens (tertiary/aromatic N) is 4. The molecule has 282 valence electrons. The molecular weight excluding hydrogens is 723 g/mol. The van der Waals surface area contributed by atoms with Crippen molar-refractivity contribution in [3.05, 3.63) is 135 Å². The van der Waals surface area contributed by atoms with Crippen LogP contribution >= 0.6 is 23.6 Å². The van der Waals surface area contributed by atoms with E-state index < -0.39 is 0 Å². The number of piperazine rings is 1. The highest BCUT2D eigenvalue weighted by molar-refractivity contribution is 7.80. The fourth-order valence-corrected chi connectivity index (χ4v) is 8.79. The van der Waals surface area contributed by atoms with Gasteiger partial charge in [-0.2, -0.15) is 5.10 Å². The van der Waals surface area contributed by atoms with E-state index in [-0.39, 0.29) is 6.04 Å². The Balaban J connectivity index is 1.15. The molecule has 1 aliphatic carbocycles. The number of hydrogen-bond acceptors (Lipinski definition) is 8. The normalized spacial score (nSPS) is 14.1. The molecule has 55 heavy (non-hydrogen) atoms. The summed E-state index contributed by atoms with van der Waals surface area (Å²) in [6.07, 6.45) is 0.825. The van der Waals surface area contributed by atoms with Crippen LogP contribution in [0.3, 0.4) is 0 Å². The van der Waals surface area contributed by atoms with Gasteiger partial charge in [0.2, 0.25) is 0 Å². The lowest BCUT2D eigenvalue weighted by Gasteiger charge is -2.32. The van der Waals surface area contributed by atoms with E-state index in [0.717, 1.165) is 88.5 Å². The van der Waals surface area contributed by atoms with Gasteiger partial charge < -0.3 is 30.7 Å². The zero-order valence-electron chi connectivity index (χ0n) is 31.8. The lowest BCUT2D eigenvalue weighted by molar-refractivity contribution is 0.148. The number of hydrogen-bond donors (Lipinski definition) is 3. The summed E-state index contributed by atoms with van der Waals surface area (Å²) in [6, 6.07) is 33.8. The first-order valence-electron chi connectivity index (χ1n) is 18.7. The van der Waals surface area contributed by atoms with E-state index in [4.69, 9.17) is 32.5 Å². The van der Waals surface area contributed by atoms with Crippen molar-refractivity contribution in [3.8, 4) is 33.3 Å². The maximum atomic E-state index is 6.20. The summed E-state index contributed by atoms with van der Waals surface area (Å²) in [6.45, 7) is 7.98. The number of nitrogens with one attached hydrogen (secondary N) is 2. The first kappa shape index (κ1) is 36.8. The van der Waals surface area contributed by atoms with E-state index in [9.17, 15) is 0 Å². The molecule has 4 N–H and O–H groups in total. The molecule has 0 saturated carbocycles. The average Bonchev–Trinajstić information content (AvgIpc) is 3.92. The predicted octanol–water partition coefficient (Wildman–Crippen LogP) is 7.96. The standard InChI is InChI=1S/C44H47N7O2S2/c1-28-5-17-38(45)39(23-28)47-44(54)46-26-35-15-18-40(55-35)41-37-25-32-24-29(27-50-21-19-49(2)20-22-50)6-16-36(32)43(37)51(48-41)42(30-7-11-33(52-3)12-8-30)31-9-13-34(53-4)14-10-31/h5-18,23-24,42H,19-22,25-27,45H2,1-4H3,(H2,46,47,54). The van der Waals surface area contributed by atoms with Gasteiger partial charge in [0.05, 0.1) is 42.7 Å². The number of aromatic nitrogens is 2. The number of thiophene rings is 1. The molecule has 4 aromatic carbocycles. The number of fused-ring (bicyclic) bond motifs is 3. The first-order valence-corrected chi connectivity index (χ1v) is 19.9. The van der Waals surface area contributed by atoms with Crippen LogP contribution in [-0.2, 0) is 19.5 Å². The van der Waals surface area contributed by atoms with Gasteiger partial charge in [-0.05, 0) is 103 Å². The number of thiocarbonyl (C=S) groups is 1. The molecule has 1 saturated heterocycles. The van der Waals surface area contributed by atoms with Crippen LogP contribution in [0.15, 0.2) is 97.1 Å². The minimum Gasteiger partial charge on any atom is -0.497 e. The number of rotatable bonds is 11. The topological polar surface area (TPSA) is 92.8 Å². The van der Waals surface area contributed by atoms with E-state index in [1.165, 1.54) is 27.9 Å². The molecule has 2 aromatic heterocycles. The number of nitrogen functional groups attached to an aromatic ring is 1. The van der Waals surface area contributed by atoms with Crippen molar-refractivity contribution >= 4 is 40.0 Å². The van der Waals surface area contributed by atoms with Crippen LogP contribution in [0, 0.1) is 6.92 Å². The average molecular weight is 770 g/mol. The fraction of sp³-hybridized carbons (Fsp3) is 0.273. The molecule has 8 rings (SSSR count). The molecule has 0 bridgehead atoms. The summed E-state index contributed by atoms with van der Waals surface area (Å²) >= 11 is 7.40. The summed E-state index contributed by atoms with van der Waals surface area (Å²) in [5.74, 6) is 1.64. The zero-order valence-corrected chi connectivity index (χ0v) is 33.4. The molecule has 6 aromatic rings. The number of aryl methyl sites for hydroxylation is 1. The smallest absolute Gasteiger partial charge is 0.171 e. The molecule has 0 amide bonds. The van der Waals surface area contributed by atoms with Crippen LogP contribution < -0.4 is 25.8 Å². The molecule has 0 radical (unpaired) electrons. The monoisotopic (exact) mass is 769 g/mol. The highest BCUT2D eigenvalue weighted by Crippen LogP contribution is 2.46. The Morgan fingerprint density at radius 2 is 1.56 bits per heavy atom. The van der Waals surface area contributed by atoms with Crippen molar-refractivity contribution in [1.29, 1.82) is 0 Å². The van der Waals surface area contributed by atoms with Gasteiger partial charge in [0.15, 0.2) is 5.11 Å². The van der Waals surface area contributed by atoms with Gasteiger partial charge in [0.1, 0.15) is 23.2 Å². The highest BCUT2D eigenvalue weighted by atomic mass is 32.1. The molecule has 1 aliphatic heterocycles. The maximum absolute atomic E-state index is 6.20. The number of methoxy groups -OCH3 is 2. The van der Waals surface area contributed by atoms with Crippen molar-refractivity contribution in [2.75, 3.05) is 58.5 Å². The minimum absolute atomic E-state index is 0.186. The molecule has 2 aliphatic rings. The Morgan fingerprint density at radius 3 is 2.24 bits per heavy atom. The van der Waals surface area contributed by atoms with E-state index >= 15 is 0 Å². The van der Waals surface area contributed by atoms with Gasteiger partial charge in [-0.25, -0.2) is 0 Å². The summed E-state index contributed by atoms with van der Waals surface area (Å²) in [7, 11) is 5.61. The Kier molecular flexibility index (Phi) is 10.6. The van der Waals surface area contributed by atoms with Crippen molar-refractivity contribution in [3.63, 3.8) is 0 Å². The van der Waals surface area contributed by atoms with E-state index in [1.807, 2.05) is 49.4 Å². The number of benzene rings is 4. The Labute approximate surface area is 332 Å². The SMILES string of the molecule is COc1ccc(C(c2ccc(OC)cc2)n2nc(-c3ccc(CNC(=S)Nc4cc(C)ccc4N)s3)c3c2-c2ccc(CN4CCN(C)CC4)cc2C3)cc1. The molecule has 0 atom stereocenters. The van der Waals surface area contributed by atoms with E-state index in [1.54, 1.807) is 25.6 Å². The van der Waals surface area contributed by atoms with Crippen LogP contribution in [0.4, 0.5) is 11.4 Å². The Hall–Kier alpha value is -5.20. The van der Waals surface area contributed by atoms with Crippen LogP contribution in [-0.4, -0.2) is 72.1 Å². The number of nitrogens with two attached hydrogens (primary N) is 1. The molecule has 0 spiro atoms. The third kappa shape index (κ3) is 7.83. The van der Waals surface area contributed by atoms with Crippen molar-refractivity contribution in [2.24, 2.45) is 0 Å². The number of anilines is 2. The number of likely N-dealkylation sites (N-methyl/N-ethyl adjacent to an activating group) is 1. The Morgan fingerprint density at radius 1 is 0.873 bits per heavy atom. The second-order valence-corrected chi connectivity index (χ2v) is 16.1. The van der Waals surface area contributed by atoms with Crippen molar-refractivity contribution in [1.82, 2.24) is 24.9 Å². The van der Waals surface area contributed by atoms with Gasteiger partial charge in [-0.1, -0.05) is 48.5 Å². The van der Waals surface area contributed by atoms with Gasteiger partial charge >= 0.3 is 0 Å². The van der Waals surface area contributed by atoms with Gasteiger partial charge in [0, 0.05) is 55.1 Å². The third-order valence-corrected chi connectivity index (χ3v) is 12.0. The molecule has 0 unspecified atom stereocenters. The van der Waals surface area contributed by atoms with Crippen LogP contribution in [0.25, 0.3) is 21.8 Å². The summed E-state index contributed by atoms with van der Waals surface area (Å²) in [5.41, 5.74) is 18.4. The molecule has 9 nitrogen and oxygen atoms in total. The largest absolute Gasteiger partial charge is 0.497 e. The van der Waals surface area contributed by atoms with E-state index in [0.29, 0.717) is 17.3 Å². The third-order valence-electron chi connectivity index (χ3n) is 10.7. The van der Waals surface area contributed by atoms with Gasteiger partial charge in [-0.15, -0.1) is 11.3 Å². The summed E-state index contributed by atoms with van der Waals surface area (Å²) < 4.78 is 13.4. The predicted molar refractivity (Wildman–Crippen MR) is 228 cm³/mol. The zero-order chi connectivity index (χ0) is 38.1. The van der Waals surface area contributed by atoms with Crippen LogP contribution in [0.5, 0.6) is 11.5 Å². The van der Waals surface area contributed by atoms with Crippen molar-refractivity contribution < 1.29 is 9.47 Å². The lowest BCUT2D eigenvalue weighted by atomic mass is 9.97. The van der Waals surface area contributed by atoms with Crippen molar-refractivity contribution in [2.45, 2.75) is 32.5 Å². The van der Waals surface area contributed by atoms with E-state index in [2.05, 4.69) is 86.8 Å². The fourth-order valence-electron chi connectivity index (χ4n) is 7.64. The second-order valence-electron chi connectivity index (χ2n) is 14.5. The van der Waals surface area contributed by atoms with Crippen LogP contribution in [0.2, 0.25) is 0 Å².